The summed E-state index contributed by atoms with van der Waals surface area (Å²) in [7, 11) is 0. The van der Waals surface area contributed by atoms with E-state index in [9.17, 15) is 9.59 Å². The lowest BCUT2D eigenvalue weighted by atomic mass is 10.2. The second-order valence-corrected chi connectivity index (χ2v) is 3.85. The predicted molar refractivity (Wildman–Crippen MR) is 54.7 cm³/mol. The molecular formula is C11H19NO2. The molecule has 0 radical (unpaired) electrons. The van der Waals surface area contributed by atoms with Gasteiger partial charge >= 0.3 is 0 Å². The number of unbranched alkanes of at least 4 members (excludes halogenated alkanes) is 1. The van der Waals surface area contributed by atoms with E-state index in [-0.39, 0.29) is 11.8 Å². The molecule has 1 heterocycles. The van der Waals surface area contributed by atoms with Crippen LogP contribution < -0.4 is 0 Å². The molecule has 2 amide bonds. The van der Waals surface area contributed by atoms with Crippen molar-refractivity contribution < 1.29 is 9.59 Å². The Balaban J connectivity index is 2.46. The molecule has 0 aromatic carbocycles. The molecule has 80 valence electrons. The van der Waals surface area contributed by atoms with Crippen LogP contribution in [0.3, 0.4) is 0 Å². The molecule has 0 aliphatic carbocycles. The number of imide groups is 1. The third kappa shape index (κ3) is 3.13. The number of hydrogen-bond acceptors (Lipinski definition) is 2. The summed E-state index contributed by atoms with van der Waals surface area (Å²) in [6, 6.07) is 0. The average Bonchev–Trinajstić information content (AvgIpc) is 2.39. The molecule has 14 heavy (non-hydrogen) atoms. The van der Waals surface area contributed by atoms with Crippen molar-refractivity contribution in [3.8, 4) is 0 Å². The van der Waals surface area contributed by atoms with E-state index in [1.165, 1.54) is 4.90 Å². The number of carbonyl (C=O) groups excluding carboxylic acids is 2. The first-order chi connectivity index (χ1) is 6.75. The van der Waals surface area contributed by atoms with E-state index in [2.05, 4.69) is 6.92 Å². The van der Waals surface area contributed by atoms with E-state index in [1.807, 2.05) is 0 Å². The lowest BCUT2D eigenvalue weighted by Crippen LogP contribution is -2.36. The zero-order valence-electron chi connectivity index (χ0n) is 8.92. The van der Waals surface area contributed by atoms with Crippen LogP contribution in [0.5, 0.6) is 0 Å². The second-order valence-electron chi connectivity index (χ2n) is 3.85. The number of likely N-dealkylation sites (tertiary alicyclic amines) is 1. The quantitative estimate of drug-likeness (QED) is 0.695. The van der Waals surface area contributed by atoms with Crippen LogP contribution in [0, 0.1) is 0 Å². The molecule has 0 aromatic heterocycles. The summed E-state index contributed by atoms with van der Waals surface area (Å²) in [5, 5.41) is 0. The summed E-state index contributed by atoms with van der Waals surface area (Å²) < 4.78 is 0. The molecule has 0 N–H and O–H groups in total. The highest BCUT2D eigenvalue weighted by atomic mass is 16.2. The molecule has 3 heteroatoms. The molecule has 0 spiro atoms. The molecule has 0 bridgehead atoms. The molecule has 0 unspecified atom stereocenters. The Morgan fingerprint density at radius 3 is 2.86 bits per heavy atom. The van der Waals surface area contributed by atoms with Crippen LogP contribution in [0.25, 0.3) is 0 Å². The fraction of sp³-hybridized carbons (Fsp3) is 0.818. The number of nitrogens with zero attached hydrogens (tertiary/aromatic N) is 1. The van der Waals surface area contributed by atoms with Crippen LogP contribution in [0.1, 0.15) is 51.9 Å². The lowest BCUT2D eigenvalue weighted by Gasteiger charge is -2.17. The zero-order chi connectivity index (χ0) is 10.4. The number of carbonyl (C=O) groups is 2. The molecule has 3 nitrogen and oxygen atoms in total. The minimum atomic E-state index is 0.0266. The maximum Gasteiger partial charge on any atom is 0.229 e. The van der Waals surface area contributed by atoms with Gasteiger partial charge in [0.25, 0.3) is 0 Å². The largest absolute Gasteiger partial charge is 0.283 e. The fourth-order valence-corrected chi connectivity index (χ4v) is 1.71. The van der Waals surface area contributed by atoms with E-state index < -0.39 is 0 Å². The first-order valence-electron chi connectivity index (χ1n) is 5.59. The highest BCUT2D eigenvalue weighted by molar-refractivity contribution is 5.95. The highest BCUT2D eigenvalue weighted by Crippen LogP contribution is 2.13. The fourth-order valence-electron chi connectivity index (χ4n) is 1.71. The third-order valence-corrected chi connectivity index (χ3v) is 2.62. The van der Waals surface area contributed by atoms with Crippen molar-refractivity contribution in [3.05, 3.63) is 0 Å². The minimum absolute atomic E-state index is 0.0266. The Labute approximate surface area is 85.5 Å². The Kier molecular flexibility index (Phi) is 4.63. The molecule has 1 aliphatic heterocycles. The lowest BCUT2D eigenvalue weighted by molar-refractivity contribution is -0.144. The molecule has 1 rings (SSSR count). The summed E-state index contributed by atoms with van der Waals surface area (Å²) in [4.78, 5) is 24.6. The van der Waals surface area contributed by atoms with E-state index >= 15 is 0 Å². The first-order valence-corrected chi connectivity index (χ1v) is 5.59. The van der Waals surface area contributed by atoms with Crippen molar-refractivity contribution in [1.29, 1.82) is 0 Å². The summed E-state index contributed by atoms with van der Waals surface area (Å²) in [5.41, 5.74) is 0. The van der Waals surface area contributed by atoms with Gasteiger partial charge in [-0.1, -0.05) is 19.8 Å². The highest BCUT2D eigenvalue weighted by Gasteiger charge is 2.21. The van der Waals surface area contributed by atoms with Gasteiger partial charge in [0, 0.05) is 19.4 Å². The van der Waals surface area contributed by atoms with Gasteiger partial charge in [0.1, 0.15) is 0 Å². The number of hydrogen-bond donors (Lipinski definition) is 0. The Hall–Kier alpha value is -0.860. The van der Waals surface area contributed by atoms with E-state index in [0.29, 0.717) is 19.4 Å². The van der Waals surface area contributed by atoms with Crippen molar-refractivity contribution >= 4 is 11.8 Å². The van der Waals surface area contributed by atoms with Crippen LogP contribution in [-0.2, 0) is 9.59 Å². The van der Waals surface area contributed by atoms with Crippen LogP contribution in [-0.4, -0.2) is 23.3 Å². The monoisotopic (exact) mass is 197 g/mol. The van der Waals surface area contributed by atoms with Gasteiger partial charge in [0.2, 0.25) is 11.8 Å². The van der Waals surface area contributed by atoms with Gasteiger partial charge in [-0.05, 0) is 19.3 Å². The minimum Gasteiger partial charge on any atom is -0.283 e. The Bertz CT molecular complexity index is 213. The maximum absolute atomic E-state index is 11.6. The topological polar surface area (TPSA) is 37.4 Å². The Morgan fingerprint density at radius 1 is 1.36 bits per heavy atom. The van der Waals surface area contributed by atoms with Crippen molar-refractivity contribution in [2.24, 2.45) is 0 Å². The molecule has 1 aliphatic rings. The summed E-state index contributed by atoms with van der Waals surface area (Å²) in [6.45, 7) is 2.69. The van der Waals surface area contributed by atoms with Crippen LogP contribution in [0.15, 0.2) is 0 Å². The van der Waals surface area contributed by atoms with Crippen molar-refractivity contribution in [3.63, 3.8) is 0 Å². The number of rotatable bonds is 3. The van der Waals surface area contributed by atoms with Crippen molar-refractivity contribution in [2.45, 2.75) is 51.9 Å². The van der Waals surface area contributed by atoms with E-state index in [1.54, 1.807) is 0 Å². The molecule has 0 saturated carbocycles. The van der Waals surface area contributed by atoms with Gasteiger partial charge in [0.15, 0.2) is 0 Å². The SMILES string of the molecule is CCCCC(=O)N1CCCCCC1=O. The van der Waals surface area contributed by atoms with Gasteiger partial charge in [0.05, 0.1) is 0 Å². The Morgan fingerprint density at radius 2 is 2.14 bits per heavy atom. The standard InChI is InChI=1S/C11H19NO2/c1-2-3-7-10(13)12-9-6-4-5-8-11(12)14/h2-9H2,1H3. The van der Waals surface area contributed by atoms with Gasteiger partial charge in [-0.3, -0.25) is 14.5 Å². The van der Waals surface area contributed by atoms with Gasteiger partial charge in [-0.2, -0.15) is 0 Å². The molecule has 1 fully saturated rings. The average molecular weight is 197 g/mol. The summed E-state index contributed by atoms with van der Waals surface area (Å²) in [6.07, 6.45) is 5.97. The predicted octanol–water partition coefficient (Wildman–Crippen LogP) is 2.11. The maximum atomic E-state index is 11.6. The normalized spacial score (nSPS) is 18.1. The molecule has 1 saturated heterocycles. The molecule has 0 aromatic rings. The summed E-state index contributed by atoms with van der Waals surface area (Å²) in [5.74, 6) is 0.0577. The van der Waals surface area contributed by atoms with Crippen molar-refractivity contribution in [1.82, 2.24) is 4.90 Å². The molecule has 0 atom stereocenters. The van der Waals surface area contributed by atoms with Gasteiger partial charge < -0.3 is 0 Å². The smallest absolute Gasteiger partial charge is 0.229 e. The van der Waals surface area contributed by atoms with Gasteiger partial charge in [-0.25, -0.2) is 0 Å². The van der Waals surface area contributed by atoms with Crippen LogP contribution in [0.4, 0.5) is 0 Å². The molecular weight excluding hydrogens is 178 g/mol. The zero-order valence-corrected chi connectivity index (χ0v) is 8.92. The van der Waals surface area contributed by atoms with E-state index in [4.69, 9.17) is 0 Å². The van der Waals surface area contributed by atoms with Crippen molar-refractivity contribution in [2.75, 3.05) is 6.54 Å². The van der Waals surface area contributed by atoms with Gasteiger partial charge in [-0.15, -0.1) is 0 Å². The van der Waals surface area contributed by atoms with Crippen LogP contribution >= 0.6 is 0 Å². The second kappa shape index (κ2) is 5.78. The third-order valence-electron chi connectivity index (χ3n) is 2.62. The summed E-state index contributed by atoms with van der Waals surface area (Å²) >= 11 is 0. The first kappa shape index (κ1) is 11.2. The van der Waals surface area contributed by atoms with E-state index in [0.717, 1.165) is 32.1 Å². The van der Waals surface area contributed by atoms with Crippen LogP contribution in [0.2, 0.25) is 0 Å². The number of amides is 2.